The van der Waals surface area contributed by atoms with Crippen molar-refractivity contribution in [2.75, 3.05) is 26.2 Å². The first-order valence-electron chi connectivity index (χ1n) is 11.6. The van der Waals surface area contributed by atoms with Gasteiger partial charge in [0.2, 0.25) is 0 Å². The molecular formula is C26H27BrFN3O6. The van der Waals surface area contributed by atoms with E-state index in [1.165, 1.54) is 12.1 Å². The van der Waals surface area contributed by atoms with E-state index in [0.29, 0.717) is 36.9 Å². The number of hydrogen-bond acceptors (Lipinski definition) is 6. The molecule has 2 heterocycles. The minimum absolute atomic E-state index is 0.126. The zero-order valence-electron chi connectivity index (χ0n) is 19.9. The number of benzene rings is 2. The zero-order chi connectivity index (χ0) is 26.9. The number of likely N-dealkylation sites (tertiary alicyclic amines) is 1. The van der Waals surface area contributed by atoms with Crippen molar-refractivity contribution < 1.29 is 34.2 Å². The molecule has 37 heavy (non-hydrogen) atoms. The van der Waals surface area contributed by atoms with Crippen molar-refractivity contribution in [3.05, 3.63) is 81.6 Å². The Hall–Kier alpha value is -3.57. The fraction of sp³-hybridized carbons (Fsp3) is 0.308. The van der Waals surface area contributed by atoms with Crippen LogP contribution >= 0.6 is 15.9 Å². The summed E-state index contributed by atoms with van der Waals surface area (Å²) in [6, 6.07) is 11.8. The van der Waals surface area contributed by atoms with Crippen molar-refractivity contribution in [3.8, 4) is 0 Å². The summed E-state index contributed by atoms with van der Waals surface area (Å²) in [4.78, 5) is 35.9. The molecule has 2 aliphatic rings. The van der Waals surface area contributed by atoms with Gasteiger partial charge in [-0.25, -0.2) is 14.0 Å². The highest BCUT2D eigenvalue weighted by atomic mass is 79.9. The molecule has 0 atom stereocenters. The number of aliphatic carboxylic acids is 2. The van der Waals surface area contributed by atoms with Gasteiger partial charge < -0.3 is 20.3 Å². The highest BCUT2D eigenvalue weighted by Gasteiger charge is 2.30. The number of piperidine rings is 1. The summed E-state index contributed by atoms with van der Waals surface area (Å²) in [5.41, 5.74) is 3.17. The first kappa shape index (κ1) is 28.0. The Kier molecular flexibility index (Phi) is 9.93. The molecule has 1 fully saturated rings. The van der Waals surface area contributed by atoms with E-state index in [1.54, 1.807) is 12.1 Å². The molecule has 9 nitrogen and oxygen atoms in total. The molecule has 2 aliphatic heterocycles. The molecule has 11 heteroatoms. The van der Waals surface area contributed by atoms with Crippen LogP contribution in [0.2, 0.25) is 0 Å². The first-order chi connectivity index (χ1) is 17.7. The number of amides is 1. The SMILES string of the molecule is O=C(O)C=CC(=O)O.O=C1c2ccc(Br)cc2CN1CC1CCN(CC(=NO)c2ccc(F)cc2)CC1. The van der Waals surface area contributed by atoms with E-state index in [4.69, 9.17) is 10.2 Å². The number of carboxylic acids is 2. The van der Waals surface area contributed by atoms with Crippen LogP contribution in [0.25, 0.3) is 0 Å². The number of carbonyl (C=O) groups excluding carboxylic acids is 1. The predicted molar refractivity (Wildman–Crippen MR) is 137 cm³/mol. The van der Waals surface area contributed by atoms with Gasteiger partial charge in [-0.2, -0.15) is 0 Å². The van der Waals surface area contributed by atoms with Gasteiger partial charge in [-0.1, -0.05) is 33.2 Å². The van der Waals surface area contributed by atoms with Gasteiger partial charge >= 0.3 is 11.9 Å². The first-order valence-corrected chi connectivity index (χ1v) is 12.4. The fourth-order valence-corrected chi connectivity index (χ4v) is 4.72. The molecule has 1 amide bonds. The Morgan fingerprint density at radius 3 is 2.24 bits per heavy atom. The molecule has 4 rings (SSSR count). The highest BCUT2D eigenvalue weighted by Crippen LogP contribution is 2.28. The number of fused-ring (bicyclic) bond motifs is 1. The lowest BCUT2D eigenvalue weighted by molar-refractivity contribution is -0.134. The highest BCUT2D eigenvalue weighted by molar-refractivity contribution is 9.10. The summed E-state index contributed by atoms with van der Waals surface area (Å²) in [6.07, 6.45) is 3.10. The normalized spacial score (nSPS) is 16.4. The molecule has 1 saturated heterocycles. The standard InChI is InChI=1S/C22H23BrFN3O2.C4H4O4/c23-18-3-6-20-17(11-18)13-27(22(20)28)12-15-7-9-26(10-8-15)14-21(25-29)16-1-4-19(24)5-2-16;5-3(6)1-2-4(7)8/h1-6,11,15,29H,7-10,12-14H2;1-2H,(H,5,6)(H,7,8). The minimum Gasteiger partial charge on any atom is -0.478 e. The van der Waals surface area contributed by atoms with E-state index in [9.17, 15) is 24.0 Å². The zero-order valence-corrected chi connectivity index (χ0v) is 21.5. The van der Waals surface area contributed by atoms with Gasteiger partial charge in [0.05, 0.1) is 0 Å². The van der Waals surface area contributed by atoms with E-state index < -0.39 is 11.9 Å². The van der Waals surface area contributed by atoms with Crippen molar-refractivity contribution in [1.82, 2.24) is 9.80 Å². The lowest BCUT2D eigenvalue weighted by Gasteiger charge is -2.33. The molecule has 0 radical (unpaired) electrons. The molecular weight excluding hydrogens is 549 g/mol. The van der Waals surface area contributed by atoms with Crippen LogP contribution < -0.4 is 0 Å². The summed E-state index contributed by atoms with van der Waals surface area (Å²) in [5, 5.41) is 28.4. The van der Waals surface area contributed by atoms with Crippen LogP contribution in [0.1, 0.15) is 34.3 Å². The predicted octanol–water partition coefficient (Wildman–Crippen LogP) is 3.85. The second-order valence-electron chi connectivity index (χ2n) is 8.77. The Balaban J connectivity index is 0.000000414. The summed E-state index contributed by atoms with van der Waals surface area (Å²) in [6.45, 7) is 3.74. The van der Waals surface area contributed by atoms with Gasteiger partial charge in [-0.15, -0.1) is 0 Å². The van der Waals surface area contributed by atoms with E-state index in [-0.39, 0.29) is 11.7 Å². The Morgan fingerprint density at radius 1 is 1.05 bits per heavy atom. The molecule has 0 bridgehead atoms. The topological polar surface area (TPSA) is 131 Å². The van der Waals surface area contributed by atoms with Crippen molar-refractivity contribution in [2.24, 2.45) is 11.1 Å². The maximum absolute atomic E-state index is 13.1. The largest absolute Gasteiger partial charge is 0.478 e. The van der Waals surface area contributed by atoms with Crippen LogP contribution in [0.15, 0.2) is 64.2 Å². The summed E-state index contributed by atoms with van der Waals surface area (Å²) < 4.78 is 14.1. The summed E-state index contributed by atoms with van der Waals surface area (Å²) in [7, 11) is 0. The second kappa shape index (κ2) is 13.1. The maximum Gasteiger partial charge on any atom is 0.328 e. The monoisotopic (exact) mass is 575 g/mol. The van der Waals surface area contributed by atoms with Crippen molar-refractivity contribution in [3.63, 3.8) is 0 Å². The van der Waals surface area contributed by atoms with Crippen molar-refractivity contribution >= 4 is 39.5 Å². The molecule has 196 valence electrons. The average Bonchev–Trinajstić information content (AvgIpc) is 3.17. The number of carbonyl (C=O) groups is 3. The van der Waals surface area contributed by atoms with E-state index in [0.717, 1.165) is 53.6 Å². The molecule has 0 aliphatic carbocycles. The third-order valence-electron chi connectivity index (χ3n) is 6.17. The molecule has 0 aromatic heterocycles. The lowest BCUT2D eigenvalue weighted by Crippen LogP contribution is -2.41. The van der Waals surface area contributed by atoms with Gasteiger partial charge in [-0.05, 0) is 67.7 Å². The Labute approximate surface area is 221 Å². The minimum atomic E-state index is -1.26. The summed E-state index contributed by atoms with van der Waals surface area (Å²) >= 11 is 3.47. The second-order valence-corrected chi connectivity index (χ2v) is 9.69. The molecule has 2 aromatic rings. The van der Waals surface area contributed by atoms with Gasteiger partial charge in [0.25, 0.3) is 5.91 Å². The molecule has 0 saturated carbocycles. The number of carboxylic acid groups (broad SMARTS) is 2. The number of oxime groups is 1. The molecule has 0 unspecified atom stereocenters. The fourth-order valence-electron chi connectivity index (χ4n) is 4.31. The Bertz CT molecular complexity index is 1180. The van der Waals surface area contributed by atoms with Crippen LogP contribution in [0.4, 0.5) is 4.39 Å². The van der Waals surface area contributed by atoms with E-state index in [1.807, 2.05) is 23.1 Å². The molecule has 3 N–H and O–H groups in total. The number of hydrogen-bond donors (Lipinski definition) is 3. The summed E-state index contributed by atoms with van der Waals surface area (Å²) in [5.74, 6) is -2.23. The lowest BCUT2D eigenvalue weighted by atomic mass is 9.95. The van der Waals surface area contributed by atoms with Crippen LogP contribution in [0.5, 0.6) is 0 Å². The van der Waals surface area contributed by atoms with Gasteiger partial charge in [0.15, 0.2) is 0 Å². The van der Waals surface area contributed by atoms with Gasteiger partial charge in [-0.3, -0.25) is 9.69 Å². The van der Waals surface area contributed by atoms with Crippen LogP contribution in [-0.4, -0.2) is 75.0 Å². The quantitative estimate of drug-likeness (QED) is 0.198. The maximum atomic E-state index is 13.1. The number of nitrogens with zero attached hydrogens (tertiary/aromatic N) is 3. The van der Waals surface area contributed by atoms with Gasteiger partial charge in [0.1, 0.15) is 11.5 Å². The van der Waals surface area contributed by atoms with Gasteiger partial charge in [0, 0.05) is 47.4 Å². The number of halogens is 2. The van der Waals surface area contributed by atoms with E-state index in [2.05, 4.69) is 26.0 Å². The van der Waals surface area contributed by atoms with E-state index >= 15 is 0 Å². The molecule has 0 spiro atoms. The Morgan fingerprint density at radius 2 is 1.68 bits per heavy atom. The van der Waals surface area contributed by atoms with Crippen LogP contribution in [-0.2, 0) is 16.1 Å². The average molecular weight is 576 g/mol. The van der Waals surface area contributed by atoms with Crippen molar-refractivity contribution in [2.45, 2.75) is 19.4 Å². The smallest absolute Gasteiger partial charge is 0.328 e. The van der Waals surface area contributed by atoms with Crippen LogP contribution in [0, 0.1) is 11.7 Å². The third kappa shape index (κ3) is 8.22. The van der Waals surface area contributed by atoms with Crippen LogP contribution in [0.3, 0.4) is 0 Å². The number of rotatable bonds is 7. The third-order valence-corrected chi connectivity index (χ3v) is 6.67. The molecule has 2 aromatic carbocycles. The van der Waals surface area contributed by atoms with Crippen molar-refractivity contribution in [1.29, 1.82) is 0 Å².